The Balaban J connectivity index is 1.96. The lowest BCUT2D eigenvalue weighted by atomic mass is 9.81. The van der Waals surface area contributed by atoms with Gasteiger partial charge in [0.2, 0.25) is 0 Å². The van der Waals surface area contributed by atoms with Crippen molar-refractivity contribution < 1.29 is 0 Å². The molecule has 2 saturated carbocycles. The quantitative estimate of drug-likeness (QED) is 0.752. The number of aromatic nitrogens is 3. The highest BCUT2D eigenvalue weighted by atomic mass is 15.5. The van der Waals surface area contributed by atoms with Gasteiger partial charge in [-0.3, -0.25) is 0 Å². The normalized spacial score (nSPS) is 21.0. The van der Waals surface area contributed by atoms with Crippen LogP contribution in [0.5, 0.6) is 0 Å². The predicted octanol–water partition coefficient (Wildman–Crippen LogP) is 1.95. The topological polar surface area (TPSA) is 54.5 Å². The molecule has 2 aliphatic carbocycles. The minimum atomic E-state index is 0.415. The van der Waals surface area contributed by atoms with Gasteiger partial charge in [-0.1, -0.05) is 11.6 Å². The SMILES string of the molecule is N#CCc1nnn(C2CC2)c1C1CCC1. The van der Waals surface area contributed by atoms with Crippen molar-refractivity contribution in [3.8, 4) is 6.07 Å². The standard InChI is InChI=1S/C11H14N4/c12-7-6-10-11(8-2-1-3-8)15(14-13-10)9-4-5-9/h8-9H,1-6H2. The molecule has 0 spiro atoms. The van der Waals surface area contributed by atoms with Gasteiger partial charge in [-0.15, -0.1) is 5.10 Å². The number of hydrogen-bond donors (Lipinski definition) is 0. The van der Waals surface area contributed by atoms with Crippen molar-refractivity contribution in [3.05, 3.63) is 11.4 Å². The Morgan fingerprint density at radius 2 is 2.13 bits per heavy atom. The Morgan fingerprint density at radius 1 is 1.33 bits per heavy atom. The van der Waals surface area contributed by atoms with E-state index in [4.69, 9.17) is 5.26 Å². The smallest absolute Gasteiger partial charge is 0.100 e. The van der Waals surface area contributed by atoms with Gasteiger partial charge >= 0.3 is 0 Å². The van der Waals surface area contributed by atoms with Crippen molar-refractivity contribution in [2.75, 3.05) is 0 Å². The molecular weight excluding hydrogens is 188 g/mol. The monoisotopic (exact) mass is 202 g/mol. The Bertz CT molecular complexity index is 407. The van der Waals surface area contributed by atoms with E-state index in [1.807, 2.05) is 0 Å². The zero-order valence-corrected chi connectivity index (χ0v) is 8.69. The highest BCUT2D eigenvalue weighted by Gasteiger charge is 2.33. The van der Waals surface area contributed by atoms with Crippen molar-refractivity contribution in [1.82, 2.24) is 15.0 Å². The van der Waals surface area contributed by atoms with Gasteiger partial charge in [0, 0.05) is 5.92 Å². The van der Waals surface area contributed by atoms with Crippen LogP contribution in [-0.2, 0) is 6.42 Å². The summed E-state index contributed by atoms with van der Waals surface area (Å²) in [4.78, 5) is 0. The Hall–Kier alpha value is -1.37. The van der Waals surface area contributed by atoms with Crippen molar-refractivity contribution in [1.29, 1.82) is 5.26 Å². The summed E-state index contributed by atoms with van der Waals surface area (Å²) in [5, 5.41) is 17.1. The molecule has 0 amide bonds. The molecule has 0 radical (unpaired) electrons. The molecule has 0 aromatic carbocycles. The van der Waals surface area contributed by atoms with Gasteiger partial charge in [0.1, 0.15) is 5.69 Å². The molecule has 4 heteroatoms. The van der Waals surface area contributed by atoms with Gasteiger partial charge in [0.05, 0.1) is 24.2 Å². The van der Waals surface area contributed by atoms with Crippen LogP contribution in [0.1, 0.15) is 55.5 Å². The molecule has 15 heavy (non-hydrogen) atoms. The maximum absolute atomic E-state index is 8.75. The second-order valence-electron chi connectivity index (χ2n) is 4.56. The van der Waals surface area contributed by atoms with Gasteiger partial charge in [-0.2, -0.15) is 5.26 Å². The fraction of sp³-hybridized carbons (Fsp3) is 0.727. The van der Waals surface area contributed by atoms with Crippen LogP contribution in [0.4, 0.5) is 0 Å². The molecule has 4 nitrogen and oxygen atoms in total. The molecule has 0 saturated heterocycles. The summed E-state index contributed by atoms with van der Waals surface area (Å²) in [6.07, 6.45) is 6.69. The van der Waals surface area contributed by atoms with Crippen molar-refractivity contribution in [2.45, 2.75) is 50.5 Å². The van der Waals surface area contributed by atoms with Crippen LogP contribution in [0.25, 0.3) is 0 Å². The zero-order valence-electron chi connectivity index (χ0n) is 8.69. The van der Waals surface area contributed by atoms with E-state index in [0.717, 1.165) is 5.69 Å². The lowest BCUT2D eigenvalue weighted by molar-refractivity contribution is 0.386. The van der Waals surface area contributed by atoms with E-state index < -0.39 is 0 Å². The number of hydrogen-bond acceptors (Lipinski definition) is 3. The number of nitriles is 1. The molecule has 1 aromatic rings. The maximum Gasteiger partial charge on any atom is 0.100 e. The summed E-state index contributed by atoms with van der Waals surface area (Å²) in [6, 6.07) is 2.77. The zero-order chi connectivity index (χ0) is 10.3. The van der Waals surface area contributed by atoms with Crippen LogP contribution in [0.2, 0.25) is 0 Å². The molecule has 0 unspecified atom stereocenters. The third-order valence-corrected chi connectivity index (χ3v) is 3.44. The third-order valence-electron chi connectivity index (χ3n) is 3.44. The summed E-state index contributed by atoms with van der Waals surface area (Å²) in [7, 11) is 0. The van der Waals surface area contributed by atoms with E-state index in [9.17, 15) is 0 Å². The fourth-order valence-electron chi connectivity index (χ4n) is 2.23. The van der Waals surface area contributed by atoms with E-state index in [2.05, 4.69) is 21.1 Å². The second-order valence-corrected chi connectivity index (χ2v) is 4.56. The molecular formula is C11H14N4. The lowest BCUT2D eigenvalue weighted by Gasteiger charge is -2.26. The second kappa shape index (κ2) is 3.34. The molecule has 3 rings (SSSR count). The Kier molecular flexibility index (Phi) is 1.98. The predicted molar refractivity (Wildman–Crippen MR) is 54.2 cm³/mol. The molecule has 0 N–H and O–H groups in total. The Labute approximate surface area is 88.9 Å². The van der Waals surface area contributed by atoms with Crippen LogP contribution >= 0.6 is 0 Å². The van der Waals surface area contributed by atoms with Gasteiger partial charge in [0.25, 0.3) is 0 Å². The van der Waals surface area contributed by atoms with Crippen LogP contribution in [0, 0.1) is 11.3 Å². The van der Waals surface area contributed by atoms with Gasteiger partial charge in [0.15, 0.2) is 0 Å². The number of nitrogens with zero attached hydrogens (tertiary/aromatic N) is 4. The fourth-order valence-corrected chi connectivity index (χ4v) is 2.23. The first-order valence-electron chi connectivity index (χ1n) is 5.71. The molecule has 0 aliphatic heterocycles. The van der Waals surface area contributed by atoms with Crippen LogP contribution < -0.4 is 0 Å². The first kappa shape index (κ1) is 8.90. The lowest BCUT2D eigenvalue weighted by Crippen LogP contribution is -2.16. The summed E-state index contributed by atoms with van der Waals surface area (Å²) >= 11 is 0. The molecule has 2 fully saturated rings. The average Bonchev–Trinajstić information content (AvgIpc) is 2.91. The minimum Gasteiger partial charge on any atom is -0.246 e. The van der Waals surface area contributed by atoms with E-state index in [0.29, 0.717) is 18.4 Å². The third kappa shape index (κ3) is 1.43. The van der Waals surface area contributed by atoms with E-state index in [1.165, 1.54) is 37.8 Å². The van der Waals surface area contributed by atoms with Crippen LogP contribution in [0.15, 0.2) is 0 Å². The van der Waals surface area contributed by atoms with Gasteiger partial charge < -0.3 is 0 Å². The average molecular weight is 202 g/mol. The summed E-state index contributed by atoms with van der Waals surface area (Å²) in [5.41, 5.74) is 2.19. The summed E-state index contributed by atoms with van der Waals surface area (Å²) < 4.78 is 2.09. The minimum absolute atomic E-state index is 0.415. The van der Waals surface area contributed by atoms with E-state index in [-0.39, 0.29) is 0 Å². The molecule has 78 valence electrons. The number of rotatable bonds is 3. The highest BCUT2D eigenvalue weighted by molar-refractivity contribution is 5.22. The van der Waals surface area contributed by atoms with Gasteiger partial charge in [-0.05, 0) is 25.7 Å². The highest BCUT2D eigenvalue weighted by Crippen LogP contribution is 2.42. The van der Waals surface area contributed by atoms with Crippen molar-refractivity contribution >= 4 is 0 Å². The maximum atomic E-state index is 8.75. The van der Waals surface area contributed by atoms with Crippen molar-refractivity contribution in [3.63, 3.8) is 0 Å². The van der Waals surface area contributed by atoms with E-state index in [1.54, 1.807) is 0 Å². The molecule has 1 aromatic heterocycles. The molecule has 0 atom stereocenters. The van der Waals surface area contributed by atoms with E-state index >= 15 is 0 Å². The van der Waals surface area contributed by atoms with Crippen molar-refractivity contribution in [2.24, 2.45) is 0 Å². The van der Waals surface area contributed by atoms with Crippen LogP contribution in [-0.4, -0.2) is 15.0 Å². The first-order chi connectivity index (χ1) is 7.40. The van der Waals surface area contributed by atoms with Gasteiger partial charge in [-0.25, -0.2) is 4.68 Å². The summed E-state index contributed by atoms with van der Waals surface area (Å²) in [5.74, 6) is 0.629. The first-order valence-corrected chi connectivity index (χ1v) is 5.71. The molecule has 1 heterocycles. The Morgan fingerprint density at radius 3 is 2.67 bits per heavy atom. The largest absolute Gasteiger partial charge is 0.246 e. The molecule has 0 bridgehead atoms. The summed E-state index contributed by atoms with van der Waals surface area (Å²) in [6.45, 7) is 0. The molecule has 2 aliphatic rings. The van der Waals surface area contributed by atoms with Crippen LogP contribution in [0.3, 0.4) is 0 Å².